The number of rotatable bonds is 5. The zero-order valence-corrected chi connectivity index (χ0v) is 14.9. The summed E-state index contributed by atoms with van der Waals surface area (Å²) in [5.41, 5.74) is 2.14. The summed E-state index contributed by atoms with van der Waals surface area (Å²) < 4.78 is 0. The monoisotopic (exact) mass is 354 g/mol. The average molecular weight is 355 g/mol. The van der Waals surface area contributed by atoms with Crippen LogP contribution in [0.25, 0.3) is 10.9 Å². The summed E-state index contributed by atoms with van der Waals surface area (Å²) in [6.07, 6.45) is 0.388. The van der Waals surface area contributed by atoms with E-state index in [9.17, 15) is 9.59 Å². The van der Waals surface area contributed by atoms with Gasteiger partial charge in [0.15, 0.2) is 0 Å². The molecule has 2 aromatic carbocycles. The zero-order chi connectivity index (χ0) is 18.0. The number of nitrogens with one attached hydrogen (secondary N) is 2. The number of ketones is 1. The molecular weight excluding hydrogens is 336 g/mol. The molecule has 0 unspecified atom stereocenters. The highest BCUT2D eigenvalue weighted by molar-refractivity contribution is 6.31. The summed E-state index contributed by atoms with van der Waals surface area (Å²) >= 11 is 6.06. The van der Waals surface area contributed by atoms with Gasteiger partial charge < -0.3 is 10.3 Å². The fourth-order valence-corrected chi connectivity index (χ4v) is 2.94. The van der Waals surface area contributed by atoms with Crippen molar-refractivity contribution in [3.8, 4) is 0 Å². The van der Waals surface area contributed by atoms with Crippen LogP contribution in [0.15, 0.2) is 48.5 Å². The number of benzene rings is 2. The Morgan fingerprint density at radius 2 is 1.84 bits per heavy atom. The van der Waals surface area contributed by atoms with Gasteiger partial charge >= 0.3 is 0 Å². The summed E-state index contributed by atoms with van der Waals surface area (Å²) in [4.78, 5) is 28.3. The Hall–Kier alpha value is -2.59. The molecule has 0 saturated carbocycles. The lowest BCUT2D eigenvalue weighted by atomic mass is 10.1. The van der Waals surface area contributed by atoms with Gasteiger partial charge in [-0.2, -0.15) is 0 Å². The van der Waals surface area contributed by atoms with Crippen LogP contribution in [-0.4, -0.2) is 16.7 Å². The predicted molar refractivity (Wildman–Crippen MR) is 101 cm³/mol. The molecule has 1 aromatic heterocycles. The van der Waals surface area contributed by atoms with E-state index in [0.717, 1.165) is 5.39 Å². The van der Waals surface area contributed by atoms with Gasteiger partial charge in [-0.15, -0.1) is 0 Å². The minimum absolute atomic E-state index is 0.118. The Bertz CT molecular complexity index is 930. The fourth-order valence-electron chi connectivity index (χ4n) is 2.76. The third-order valence-electron chi connectivity index (χ3n) is 3.88. The predicted octanol–water partition coefficient (Wildman–Crippen LogP) is 5.04. The van der Waals surface area contributed by atoms with Crippen LogP contribution in [0.2, 0.25) is 5.02 Å². The van der Waals surface area contributed by atoms with Crippen LogP contribution >= 0.6 is 11.6 Å². The smallest absolute Gasteiger partial charge is 0.224 e. The lowest BCUT2D eigenvalue weighted by Gasteiger charge is -2.09. The third-order valence-corrected chi connectivity index (χ3v) is 4.12. The molecule has 0 aliphatic rings. The average Bonchev–Trinajstić information content (AvgIpc) is 2.91. The first-order valence-corrected chi connectivity index (χ1v) is 8.54. The Morgan fingerprint density at radius 3 is 2.52 bits per heavy atom. The van der Waals surface area contributed by atoms with Crippen molar-refractivity contribution in [2.75, 3.05) is 5.32 Å². The highest BCUT2D eigenvalue weighted by Gasteiger charge is 2.21. The molecule has 0 spiro atoms. The molecule has 4 nitrogen and oxygen atoms in total. The summed E-state index contributed by atoms with van der Waals surface area (Å²) in [6, 6.07) is 14.3. The minimum Gasteiger partial charge on any atom is -0.350 e. The minimum atomic E-state index is -0.173. The molecule has 0 atom stereocenters. The van der Waals surface area contributed by atoms with E-state index in [1.807, 2.05) is 32.0 Å². The van der Waals surface area contributed by atoms with E-state index in [1.165, 1.54) is 0 Å². The van der Waals surface area contributed by atoms with E-state index < -0.39 is 0 Å². The Balaban J connectivity index is 2.08. The number of carbonyl (C=O) groups is 2. The number of carbonyl (C=O) groups excluding carboxylic acids is 2. The number of H-pyrrole nitrogens is 1. The van der Waals surface area contributed by atoms with Gasteiger partial charge in [0.2, 0.25) is 11.7 Å². The first kappa shape index (κ1) is 17.2. The first-order chi connectivity index (χ1) is 12.0. The van der Waals surface area contributed by atoms with Gasteiger partial charge in [0.25, 0.3) is 0 Å². The van der Waals surface area contributed by atoms with Gasteiger partial charge in [-0.1, -0.05) is 55.8 Å². The lowest BCUT2D eigenvalue weighted by Crippen LogP contribution is -2.16. The van der Waals surface area contributed by atoms with Crippen molar-refractivity contribution in [2.45, 2.75) is 20.3 Å². The quantitative estimate of drug-likeness (QED) is 0.631. The van der Waals surface area contributed by atoms with Crippen LogP contribution in [-0.2, 0) is 4.79 Å². The topological polar surface area (TPSA) is 62.0 Å². The van der Waals surface area contributed by atoms with Gasteiger partial charge in [-0.25, -0.2) is 0 Å². The van der Waals surface area contributed by atoms with Crippen molar-refractivity contribution in [1.82, 2.24) is 4.98 Å². The van der Waals surface area contributed by atoms with Crippen LogP contribution in [0.3, 0.4) is 0 Å². The summed E-state index contributed by atoms with van der Waals surface area (Å²) in [6.45, 7) is 3.95. The van der Waals surface area contributed by atoms with Crippen LogP contribution in [0.5, 0.6) is 0 Å². The molecule has 3 aromatic rings. The number of aromatic amines is 1. The standard InChI is InChI=1S/C20H19ClN2O2/c1-12(2)10-17(24)23-18-15-9-8-14(21)11-16(15)22-19(18)20(25)13-6-4-3-5-7-13/h3-9,11-12,22H,10H2,1-2H3,(H,23,24). The van der Waals surface area contributed by atoms with Gasteiger partial charge in [-0.3, -0.25) is 9.59 Å². The molecule has 1 amide bonds. The van der Waals surface area contributed by atoms with E-state index in [2.05, 4.69) is 10.3 Å². The van der Waals surface area contributed by atoms with E-state index in [-0.39, 0.29) is 17.6 Å². The molecule has 0 aliphatic heterocycles. The highest BCUT2D eigenvalue weighted by Crippen LogP contribution is 2.31. The van der Waals surface area contributed by atoms with Gasteiger partial charge in [0.05, 0.1) is 5.69 Å². The van der Waals surface area contributed by atoms with E-state index in [1.54, 1.807) is 30.3 Å². The maximum Gasteiger partial charge on any atom is 0.224 e. The second kappa shape index (κ2) is 7.11. The molecule has 25 heavy (non-hydrogen) atoms. The number of aromatic nitrogens is 1. The number of hydrogen-bond donors (Lipinski definition) is 2. The fraction of sp³-hybridized carbons (Fsp3) is 0.200. The van der Waals surface area contributed by atoms with Crippen LogP contribution < -0.4 is 5.32 Å². The van der Waals surface area contributed by atoms with E-state index in [4.69, 9.17) is 11.6 Å². The maximum atomic E-state index is 12.9. The molecular formula is C20H19ClN2O2. The van der Waals surface area contributed by atoms with Crippen molar-refractivity contribution in [3.63, 3.8) is 0 Å². The number of hydrogen-bond acceptors (Lipinski definition) is 2. The molecule has 0 fully saturated rings. The highest BCUT2D eigenvalue weighted by atomic mass is 35.5. The van der Waals surface area contributed by atoms with Crippen LogP contribution in [0, 0.1) is 5.92 Å². The zero-order valence-electron chi connectivity index (χ0n) is 14.1. The molecule has 128 valence electrons. The molecule has 2 N–H and O–H groups in total. The Morgan fingerprint density at radius 1 is 1.12 bits per heavy atom. The van der Waals surface area contributed by atoms with Crippen molar-refractivity contribution >= 4 is 39.9 Å². The van der Waals surface area contributed by atoms with E-state index >= 15 is 0 Å². The number of fused-ring (bicyclic) bond motifs is 1. The van der Waals surface area contributed by atoms with Crippen LogP contribution in [0.4, 0.5) is 5.69 Å². The number of amides is 1. The SMILES string of the molecule is CC(C)CC(=O)Nc1c(C(=O)c2ccccc2)[nH]c2cc(Cl)ccc12. The molecule has 5 heteroatoms. The van der Waals surface area contributed by atoms with Crippen molar-refractivity contribution in [3.05, 3.63) is 64.8 Å². The molecule has 0 radical (unpaired) electrons. The van der Waals surface area contributed by atoms with E-state index in [0.29, 0.717) is 33.9 Å². The Labute approximate surface area is 151 Å². The van der Waals surface area contributed by atoms with Crippen LogP contribution in [0.1, 0.15) is 36.3 Å². The molecule has 0 bridgehead atoms. The first-order valence-electron chi connectivity index (χ1n) is 8.16. The van der Waals surface area contributed by atoms with Crippen molar-refractivity contribution in [2.24, 2.45) is 5.92 Å². The summed E-state index contributed by atoms with van der Waals surface area (Å²) in [5.74, 6) is -0.0614. The second-order valence-corrected chi connectivity index (χ2v) is 6.84. The third kappa shape index (κ3) is 3.74. The number of halogens is 1. The second-order valence-electron chi connectivity index (χ2n) is 6.41. The number of anilines is 1. The summed E-state index contributed by atoms with van der Waals surface area (Å²) in [7, 11) is 0. The summed E-state index contributed by atoms with van der Waals surface area (Å²) in [5, 5.41) is 4.23. The molecule has 3 rings (SSSR count). The largest absolute Gasteiger partial charge is 0.350 e. The molecule has 0 saturated heterocycles. The normalized spacial score (nSPS) is 11.0. The molecule has 1 heterocycles. The van der Waals surface area contributed by atoms with Crippen molar-refractivity contribution in [1.29, 1.82) is 0 Å². The van der Waals surface area contributed by atoms with Gasteiger partial charge in [0, 0.05) is 27.9 Å². The molecule has 0 aliphatic carbocycles. The lowest BCUT2D eigenvalue weighted by molar-refractivity contribution is -0.116. The van der Waals surface area contributed by atoms with Crippen molar-refractivity contribution < 1.29 is 9.59 Å². The maximum absolute atomic E-state index is 12.9. The Kier molecular flexibility index (Phi) is 4.91. The van der Waals surface area contributed by atoms with Gasteiger partial charge in [0.1, 0.15) is 5.69 Å². The van der Waals surface area contributed by atoms with Gasteiger partial charge in [-0.05, 0) is 24.1 Å².